The molecule has 98 valence electrons. The molecular formula is C15H12Br2OS. The molecule has 19 heavy (non-hydrogen) atoms. The van der Waals surface area contributed by atoms with Crippen molar-refractivity contribution in [1.82, 2.24) is 0 Å². The first kappa shape index (κ1) is 14.8. The number of halogens is 2. The van der Waals surface area contributed by atoms with E-state index in [0.717, 1.165) is 20.3 Å². The highest BCUT2D eigenvalue weighted by Crippen LogP contribution is 2.22. The largest absolute Gasteiger partial charge is 0.294 e. The van der Waals surface area contributed by atoms with E-state index in [4.69, 9.17) is 0 Å². The molecule has 0 unspecified atom stereocenters. The van der Waals surface area contributed by atoms with Crippen molar-refractivity contribution in [3.63, 3.8) is 0 Å². The van der Waals surface area contributed by atoms with Crippen molar-refractivity contribution in [1.29, 1.82) is 0 Å². The van der Waals surface area contributed by atoms with Crippen LogP contribution in [0.3, 0.4) is 0 Å². The monoisotopic (exact) mass is 398 g/mol. The molecule has 0 radical (unpaired) electrons. The van der Waals surface area contributed by atoms with Gasteiger partial charge in [-0.2, -0.15) is 0 Å². The average molecular weight is 400 g/mol. The molecule has 0 atom stereocenters. The number of hydrogen-bond donors (Lipinski definition) is 0. The van der Waals surface area contributed by atoms with Crippen LogP contribution in [-0.2, 0) is 0 Å². The van der Waals surface area contributed by atoms with Crippen LogP contribution in [0.5, 0.6) is 0 Å². The van der Waals surface area contributed by atoms with Crippen molar-refractivity contribution in [2.75, 3.05) is 5.75 Å². The molecule has 0 fully saturated rings. The Balaban J connectivity index is 1.84. The number of carbonyl (C=O) groups is 1. The third-order valence-electron chi connectivity index (χ3n) is 2.58. The van der Waals surface area contributed by atoms with Crippen LogP contribution in [0, 0.1) is 0 Å². The third kappa shape index (κ3) is 4.79. The van der Waals surface area contributed by atoms with E-state index in [1.807, 2.05) is 36.4 Å². The number of thioether (sulfide) groups is 1. The lowest BCUT2D eigenvalue weighted by atomic mass is 10.1. The van der Waals surface area contributed by atoms with Crippen molar-refractivity contribution in [2.45, 2.75) is 11.3 Å². The minimum Gasteiger partial charge on any atom is -0.294 e. The van der Waals surface area contributed by atoms with Crippen LogP contribution in [0.15, 0.2) is 62.4 Å². The maximum atomic E-state index is 12.0. The summed E-state index contributed by atoms with van der Waals surface area (Å²) in [5, 5.41) is 0. The first-order valence-electron chi connectivity index (χ1n) is 5.82. The molecule has 0 N–H and O–H groups in total. The molecule has 0 aliphatic heterocycles. The zero-order chi connectivity index (χ0) is 13.7. The number of Topliss-reactive ketones (excluding diaryl/α,β-unsaturated/α-hetero) is 1. The fourth-order valence-electron chi connectivity index (χ4n) is 1.57. The van der Waals surface area contributed by atoms with Gasteiger partial charge in [0, 0.05) is 31.6 Å². The number of carbonyl (C=O) groups excluding carboxylic acids is 1. The second-order valence-corrected chi connectivity index (χ2v) is 6.98. The maximum Gasteiger partial charge on any atom is 0.163 e. The van der Waals surface area contributed by atoms with Crippen LogP contribution in [0.4, 0.5) is 0 Å². The van der Waals surface area contributed by atoms with Crippen LogP contribution >= 0.6 is 43.6 Å². The van der Waals surface area contributed by atoms with E-state index >= 15 is 0 Å². The second-order valence-electron chi connectivity index (χ2n) is 3.98. The fraction of sp³-hybridized carbons (Fsp3) is 0.133. The van der Waals surface area contributed by atoms with Gasteiger partial charge in [-0.1, -0.05) is 44.0 Å². The zero-order valence-electron chi connectivity index (χ0n) is 10.1. The lowest BCUT2D eigenvalue weighted by molar-refractivity contribution is 0.0989. The highest BCUT2D eigenvalue weighted by Gasteiger charge is 2.05. The van der Waals surface area contributed by atoms with Gasteiger partial charge in [0.1, 0.15) is 0 Å². The van der Waals surface area contributed by atoms with Crippen LogP contribution < -0.4 is 0 Å². The lowest BCUT2D eigenvalue weighted by Gasteiger charge is -2.02. The number of benzene rings is 2. The van der Waals surface area contributed by atoms with Gasteiger partial charge in [0.15, 0.2) is 5.78 Å². The van der Waals surface area contributed by atoms with Crippen LogP contribution in [-0.4, -0.2) is 11.5 Å². The van der Waals surface area contributed by atoms with Crippen LogP contribution in [0.1, 0.15) is 16.8 Å². The molecule has 0 bridgehead atoms. The number of hydrogen-bond acceptors (Lipinski definition) is 2. The molecule has 0 aromatic heterocycles. The molecule has 0 aliphatic rings. The topological polar surface area (TPSA) is 17.1 Å². The van der Waals surface area contributed by atoms with Crippen LogP contribution in [0.25, 0.3) is 0 Å². The predicted octanol–water partition coefficient (Wildman–Crippen LogP) is 5.58. The number of ketones is 1. The summed E-state index contributed by atoms with van der Waals surface area (Å²) in [6.45, 7) is 0. The smallest absolute Gasteiger partial charge is 0.163 e. The molecule has 0 spiro atoms. The van der Waals surface area contributed by atoms with Crippen molar-refractivity contribution >= 4 is 49.4 Å². The van der Waals surface area contributed by atoms with E-state index in [2.05, 4.69) is 44.0 Å². The Morgan fingerprint density at radius 1 is 0.895 bits per heavy atom. The summed E-state index contributed by atoms with van der Waals surface area (Å²) < 4.78 is 2.07. The van der Waals surface area contributed by atoms with Crippen molar-refractivity contribution in [2.24, 2.45) is 0 Å². The molecule has 4 heteroatoms. The Labute approximate surface area is 134 Å². The Bertz CT molecular complexity index is 549. The molecule has 0 amide bonds. The van der Waals surface area contributed by atoms with Gasteiger partial charge in [0.25, 0.3) is 0 Å². The molecule has 0 saturated carbocycles. The molecule has 2 rings (SSSR count). The van der Waals surface area contributed by atoms with E-state index < -0.39 is 0 Å². The molecule has 1 nitrogen and oxygen atoms in total. The quantitative estimate of drug-likeness (QED) is 0.482. The second kappa shape index (κ2) is 7.27. The van der Waals surface area contributed by atoms with E-state index in [0.29, 0.717) is 6.42 Å². The highest BCUT2D eigenvalue weighted by atomic mass is 79.9. The normalized spacial score (nSPS) is 10.4. The van der Waals surface area contributed by atoms with Gasteiger partial charge >= 0.3 is 0 Å². The molecule has 0 heterocycles. The van der Waals surface area contributed by atoms with Crippen molar-refractivity contribution < 1.29 is 4.79 Å². The highest BCUT2D eigenvalue weighted by molar-refractivity contribution is 9.10. The van der Waals surface area contributed by atoms with Gasteiger partial charge < -0.3 is 0 Å². The third-order valence-corrected chi connectivity index (χ3v) is 4.65. The first-order valence-corrected chi connectivity index (χ1v) is 8.39. The molecule has 2 aromatic rings. The summed E-state index contributed by atoms with van der Waals surface area (Å²) in [4.78, 5) is 13.2. The minimum atomic E-state index is 0.192. The van der Waals surface area contributed by atoms with E-state index in [1.165, 1.54) is 4.90 Å². The van der Waals surface area contributed by atoms with E-state index in [1.54, 1.807) is 11.8 Å². The summed E-state index contributed by atoms with van der Waals surface area (Å²) in [7, 11) is 0. The van der Waals surface area contributed by atoms with Gasteiger partial charge in [-0.3, -0.25) is 4.79 Å². The Hall–Kier alpha value is -0.580. The lowest BCUT2D eigenvalue weighted by Crippen LogP contribution is -2.00. The first-order chi connectivity index (χ1) is 9.15. The van der Waals surface area contributed by atoms with E-state index in [9.17, 15) is 4.79 Å². The minimum absolute atomic E-state index is 0.192. The van der Waals surface area contributed by atoms with Gasteiger partial charge in [0.05, 0.1) is 0 Å². The Kier molecular flexibility index (Phi) is 5.67. The van der Waals surface area contributed by atoms with Gasteiger partial charge in [-0.25, -0.2) is 0 Å². The summed E-state index contributed by atoms with van der Waals surface area (Å²) in [5.41, 5.74) is 0.777. The van der Waals surface area contributed by atoms with Crippen molar-refractivity contribution in [3.05, 3.63) is 63.0 Å². The summed E-state index contributed by atoms with van der Waals surface area (Å²) in [6.07, 6.45) is 0.558. The SMILES string of the molecule is O=C(CCSc1ccc(Br)cc1)c1ccc(Br)cc1. The van der Waals surface area contributed by atoms with Gasteiger partial charge in [-0.15, -0.1) is 11.8 Å². The van der Waals surface area contributed by atoms with Crippen LogP contribution in [0.2, 0.25) is 0 Å². The summed E-state index contributed by atoms with van der Waals surface area (Å²) in [5.74, 6) is 0.994. The standard InChI is InChI=1S/C15H12Br2OS/c16-12-3-1-11(2-4-12)15(18)9-10-19-14-7-5-13(17)6-8-14/h1-8H,9-10H2. The average Bonchev–Trinajstić information content (AvgIpc) is 2.41. The predicted molar refractivity (Wildman–Crippen MR) is 88.0 cm³/mol. The van der Waals surface area contributed by atoms with Gasteiger partial charge in [-0.05, 0) is 36.4 Å². The zero-order valence-corrected chi connectivity index (χ0v) is 14.1. The summed E-state index contributed by atoms with van der Waals surface area (Å²) >= 11 is 8.47. The number of rotatable bonds is 5. The maximum absolute atomic E-state index is 12.0. The Morgan fingerprint density at radius 3 is 2.00 bits per heavy atom. The molecule has 2 aromatic carbocycles. The van der Waals surface area contributed by atoms with E-state index in [-0.39, 0.29) is 5.78 Å². The summed E-state index contributed by atoms with van der Waals surface area (Å²) in [6, 6.07) is 15.6. The molecule has 0 saturated heterocycles. The van der Waals surface area contributed by atoms with Gasteiger partial charge in [0.2, 0.25) is 0 Å². The fourth-order valence-corrected chi connectivity index (χ4v) is 2.95. The molecule has 0 aliphatic carbocycles. The Morgan fingerprint density at radius 2 is 1.42 bits per heavy atom. The molecular weight excluding hydrogens is 388 g/mol. The van der Waals surface area contributed by atoms with Crippen molar-refractivity contribution in [3.8, 4) is 0 Å².